The molecule has 1 aromatic carbocycles. The third-order valence-corrected chi connectivity index (χ3v) is 9.31. The minimum Gasteiger partial charge on any atom is -0.495 e. The van der Waals surface area contributed by atoms with Crippen molar-refractivity contribution in [3.8, 4) is 22.6 Å². The summed E-state index contributed by atoms with van der Waals surface area (Å²) in [6.45, 7) is 4.69. The van der Waals surface area contributed by atoms with Crippen molar-refractivity contribution in [1.29, 1.82) is 0 Å². The fraction of sp³-hybridized carbons (Fsp3) is 0.387. The summed E-state index contributed by atoms with van der Waals surface area (Å²) in [5.41, 5.74) is 0.575. The van der Waals surface area contributed by atoms with Gasteiger partial charge in [-0.1, -0.05) is 42.6 Å². The maximum absolute atomic E-state index is 13.7. The molecule has 6 rings (SSSR count). The van der Waals surface area contributed by atoms with Crippen molar-refractivity contribution in [1.82, 2.24) is 29.6 Å². The number of hydrogen-bond acceptors (Lipinski definition) is 9. The van der Waals surface area contributed by atoms with E-state index in [0.29, 0.717) is 53.2 Å². The maximum atomic E-state index is 13.7. The second-order valence-corrected chi connectivity index (χ2v) is 12.0. The molecule has 0 radical (unpaired) electrons. The zero-order chi connectivity index (χ0) is 31.8. The van der Waals surface area contributed by atoms with Crippen LogP contribution < -0.4 is 30.6 Å². The van der Waals surface area contributed by atoms with Gasteiger partial charge >= 0.3 is 0 Å². The summed E-state index contributed by atoms with van der Waals surface area (Å²) in [4.78, 5) is 37.4. The van der Waals surface area contributed by atoms with E-state index >= 15 is 0 Å². The smallest absolute Gasteiger partial charge is 0.259 e. The monoisotopic (exact) mass is 652 g/mol. The Bertz CT molecular complexity index is 1810. The lowest BCUT2D eigenvalue weighted by molar-refractivity contribution is -0.117. The van der Waals surface area contributed by atoms with Crippen molar-refractivity contribution in [3.63, 3.8) is 0 Å². The summed E-state index contributed by atoms with van der Waals surface area (Å²) in [6, 6.07) is 5.15. The molecule has 45 heavy (non-hydrogen) atoms. The second-order valence-electron chi connectivity index (χ2n) is 11.2. The Morgan fingerprint density at radius 1 is 1.09 bits per heavy atom. The van der Waals surface area contributed by atoms with Gasteiger partial charge in [0.05, 0.1) is 48.0 Å². The lowest BCUT2D eigenvalue weighted by Gasteiger charge is -2.20. The SMILES string of the molecule is C=CC(=O)N[C@@H]1CN(c2ccn(C3CCCC3)n2)C[C@@H]1Nc1ncc2cc(-c3c(Cl)c(OC)cc(OC)c3Cl)c(=O)n(C)c2n1. The zero-order valence-corrected chi connectivity index (χ0v) is 26.7. The van der Waals surface area contributed by atoms with Gasteiger partial charge in [-0.25, -0.2) is 4.98 Å². The topological polar surface area (TPSA) is 128 Å². The fourth-order valence-corrected chi connectivity index (χ4v) is 6.88. The average Bonchev–Trinajstić information content (AvgIpc) is 3.82. The molecular formula is C31H34Cl2N8O4. The number of rotatable bonds is 9. The molecule has 4 heterocycles. The summed E-state index contributed by atoms with van der Waals surface area (Å²) in [5.74, 6) is 1.53. The summed E-state index contributed by atoms with van der Waals surface area (Å²) in [6.07, 6.45) is 9.64. The Hall–Kier alpha value is -4.29. The number of anilines is 2. The van der Waals surface area contributed by atoms with Gasteiger partial charge in [0.15, 0.2) is 5.82 Å². The normalized spacial score (nSPS) is 18.4. The molecule has 1 saturated heterocycles. The van der Waals surface area contributed by atoms with Crippen molar-refractivity contribution >= 4 is 51.9 Å². The van der Waals surface area contributed by atoms with Crippen LogP contribution in [0.25, 0.3) is 22.2 Å². The van der Waals surface area contributed by atoms with Crippen LogP contribution in [0.15, 0.2) is 48.0 Å². The summed E-state index contributed by atoms with van der Waals surface area (Å²) >= 11 is 13.2. The standard InChI is InChI=1S/C31H34Cl2N8O4/c1-5-25(42)35-20-15-40(24-10-11-41(38-24)18-8-6-7-9-18)16-21(20)36-31-34-14-17-12-19(30(43)39(2)29(17)37-31)26-27(32)22(44-3)13-23(45-4)28(26)33/h5,10-14,18,20-21H,1,6-9,15-16H2,2-4H3,(H,35,42)(H,34,36,37)/t20-,21+/m1/s1. The van der Waals surface area contributed by atoms with E-state index in [-0.39, 0.29) is 39.2 Å². The number of carbonyl (C=O) groups excluding carboxylic acids is 1. The van der Waals surface area contributed by atoms with Crippen LogP contribution >= 0.6 is 23.2 Å². The second kappa shape index (κ2) is 12.6. The highest BCUT2D eigenvalue weighted by Crippen LogP contribution is 2.45. The van der Waals surface area contributed by atoms with Gasteiger partial charge in [-0.3, -0.25) is 18.8 Å². The number of pyridine rings is 1. The van der Waals surface area contributed by atoms with E-state index in [0.717, 1.165) is 18.7 Å². The number of nitrogens with one attached hydrogen (secondary N) is 2. The van der Waals surface area contributed by atoms with E-state index in [4.69, 9.17) is 37.8 Å². The maximum Gasteiger partial charge on any atom is 0.259 e. The van der Waals surface area contributed by atoms with E-state index < -0.39 is 0 Å². The highest BCUT2D eigenvalue weighted by atomic mass is 35.5. The Labute approximate surface area is 269 Å². The first-order valence-electron chi connectivity index (χ1n) is 14.7. The first-order valence-corrected chi connectivity index (χ1v) is 15.4. The molecule has 0 unspecified atom stereocenters. The highest BCUT2D eigenvalue weighted by molar-refractivity contribution is 6.41. The molecule has 1 aliphatic heterocycles. The number of aromatic nitrogens is 5. The molecule has 14 heteroatoms. The number of halogens is 2. The predicted molar refractivity (Wildman–Crippen MR) is 175 cm³/mol. The van der Waals surface area contributed by atoms with Crippen LogP contribution in [0.5, 0.6) is 11.5 Å². The van der Waals surface area contributed by atoms with Gasteiger partial charge in [0, 0.05) is 55.6 Å². The van der Waals surface area contributed by atoms with E-state index in [1.165, 1.54) is 37.7 Å². The molecule has 4 aromatic rings. The Morgan fingerprint density at radius 2 is 1.78 bits per heavy atom. The van der Waals surface area contributed by atoms with Crippen molar-refractivity contribution in [3.05, 3.63) is 63.6 Å². The third kappa shape index (κ3) is 5.80. The van der Waals surface area contributed by atoms with Gasteiger partial charge in [-0.2, -0.15) is 10.1 Å². The number of amides is 1. The average molecular weight is 654 g/mol. The van der Waals surface area contributed by atoms with Crippen molar-refractivity contribution in [2.24, 2.45) is 7.05 Å². The van der Waals surface area contributed by atoms with E-state index in [1.807, 2.05) is 12.3 Å². The van der Waals surface area contributed by atoms with Crippen LogP contribution in [0.3, 0.4) is 0 Å². The fourth-order valence-electron chi connectivity index (χ4n) is 6.18. The summed E-state index contributed by atoms with van der Waals surface area (Å²) in [7, 11) is 4.56. The number of hydrogen-bond donors (Lipinski definition) is 2. The molecule has 2 N–H and O–H groups in total. The van der Waals surface area contributed by atoms with Crippen LogP contribution in [0.2, 0.25) is 10.0 Å². The molecule has 12 nitrogen and oxygen atoms in total. The number of carbonyl (C=O) groups is 1. The van der Waals surface area contributed by atoms with Crippen molar-refractivity contribution < 1.29 is 14.3 Å². The van der Waals surface area contributed by atoms with E-state index in [1.54, 1.807) is 25.4 Å². The molecule has 2 fully saturated rings. The first-order chi connectivity index (χ1) is 21.7. The van der Waals surface area contributed by atoms with Crippen LogP contribution in [0.4, 0.5) is 11.8 Å². The van der Waals surface area contributed by atoms with Gasteiger partial charge < -0.3 is 25.0 Å². The third-order valence-electron chi connectivity index (χ3n) is 8.56. The molecular weight excluding hydrogens is 619 g/mol. The first kappa shape index (κ1) is 30.7. The summed E-state index contributed by atoms with van der Waals surface area (Å²) in [5, 5.41) is 12.2. The predicted octanol–water partition coefficient (Wildman–Crippen LogP) is 4.60. The Morgan fingerprint density at radius 3 is 2.44 bits per heavy atom. The number of methoxy groups -OCH3 is 2. The molecule has 1 amide bonds. The zero-order valence-electron chi connectivity index (χ0n) is 25.2. The van der Waals surface area contributed by atoms with Crippen LogP contribution in [0.1, 0.15) is 31.7 Å². The minimum absolute atomic E-state index is 0.186. The number of benzene rings is 1. The van der Waals surface area contributed by atoms with E-state index in [9.17, 15) is 9.59 Å². The van der Waals surface area contributed by atoms with Crippen LogP contribution in [-0.2, 0) is 11.8 Å². The molecule has 2 aliphatic rings. The summed E-state index contributed by atoms with van der Waals surface area (Å²) < 4.78 is 14.3. The van der Waals surface area contributed by atoms with Crippen molar-refractivity contribution in [2.45, 2.75) is 43.8 Å². The van der Waals surface area contributed by atoms with Gasteiger partial charge in [-0.15, -0.1) is 0 Å². The van der Waals surface area contributed by atoms with Crippen LogP contribution in [-0.4, -0.2) is 69.6 Å². The quantitative estimate of drug-likeness (QED) is 0.249. The van der Waals surface area contributed by atoms with Gasteiger partial charge in [-0.05, 0) is 25.0 Å². The number of aryl methyl sites for hydroxylation is 1. The largest absolute Gasteiger partial charge is 0.495 e. The van der Waals surface area contributed by atoms with Gasteiger partial charge in [0.25, 0.3) is 5.56 Å². The van der Waals surface area contributed by atoms with Gasteiger partial charge in [0.2, 0.25) is 11.9 Å². The molecule has 0 bridgehead atoms. The lowest BCUT2D eigenvalue weighted by Crippen LogP contribution is -2.45. The minimum atomic E-state index is -0.368. The molecule has 236 valence electrons. The highest BCUT2D eigenvalue weighted by Gasteiger charge is 2.35. The number of fused-ring (bicyclic) bond motifs is 1. The molecule has 1 aliphatic carbocycles. The van der Waals surface area contributed by atoms with Crippen molar-refractivity contribution in [2.75, 3.05) is 37.5 Å². The van der Waals surface area contributed by atoms with E-state index in [2.05, 4.69) is 36.8 Å². The molecule has 1 saturated carbocycles. The molecule has 0 spiro atoms. The van der Waals surface area contributed by atoms with Crippen LogP contribution in [0, 0.1) is 0 Å². The van der Waals surface area contributed by atoms with Gasteiger partial charge in [0.1, 0.15) is 17.1 Å². The Balaban J connectivity index is 1.31. The number of ether oxygens (including phenoxy) is 2. The Kier molecular flexibility index (Phi) is 8.61. The molecule has 3 aromatic heterocycles. The number of nitrogens with zero attached hydrogens (tertiary/aromatic N) is 6. The molecule has 2 atom stereocenters. The lowest BCUT2D eigenvalue weighted by atomic mass is 10.0.